The minimum Gasteiger partial charge on any atom is -0.399 e. The molecule has 2 aromatic carbocycles. The van der Waals surface area contributed by atoms with Gasteiger partial charge in [0.15, 0.2) is 0 Å². The van der Waals surface area contributed by atoms with Crippen LogP contribution >= 0.6 is 0 Å². The van der Waals surface area contributed by atoms with E-state index in [2.05, 4.69) is 4.72 Å². The van der Waals surface area contributed by atoms with Gasteiger partial charge in [-0.1, -0.05) is 12.1 Å². The average Bonchev–Trinajstić information content (AvgIpc) is 2.64. The maximum atomic E-state index is 12.4. The molecule has 0 unspecified atom stereocenters. The van der Waals surface area contributed by atoms with Crippen LogP contribution in [0.2, 0.25) is 0 Å². The third-order valence-corrected chi connectivity index (χ3v) is 5.62. The molecule has 7 heteroatoms. The highest BCUT2D eigenvalue weighted by atomic mass is 32.2. The van der Waals surface area contributed by atoms with E-state index in [1.807, 2.05) is 26.0 Å². The fourth-order valence-corrected chi connectivity index (χ4v) is 3.60. The van der Waals surface area contributed by atoms with E-state index in [-0.39, 0.29) is 17.3 Å². The lowest BCUT2D eigenvalue weighted by Gasteiger charge is -2.18. The molecule has 0 spiro atoms. The number of carbonyl (C=O) groups excluding carboxylic acids is 1. The lowest BCUT2D eigenvalue weighted by Crippen LogP contribution is -2.30. The predicted molar refractivity (Wildman–Crippen MR) is 103 cm³/mol. The molecule has 26 heavy (non-hydrogen) atoms. The van der Waals surface area contributed by atoms with Gasteiger partial charge < -0.3 is 10.6 Å². The van der Waals surface area contributed by atoms with Gasteiger partial charge in [-0.3, -0.25) is 4.79 Å². The summed E-state index contributed by atoms with van der Waals surface area (Å²) in [5.74, 6) is -0.102. The number of nitrogens with two attached hydrogens (primary N) is 1. The number of hydrogen-bond donors (Lipinski definition) is 2. The summed E-state index contributed by atoms with van der Waals surface area (Å²) >= 11 is 0. The number of rotatable bonds is 8. The Morgan fingerprint density at radius 2 is 1.58 bits per heavy atom. The summed E-state index contributed by atoms with van der Waals surface area (Å²) in [6.45, 7) is 5.33. The Balaban J connectivity index is 2.00. The minimum atomic E-state index is -3.61. The molecular weight excluding hydrogens is 350 g/mol. The molecule has 0 heterocycles. The van der Waals surface area contributed by atoms with Crippen molar-refractivity contribution in [2.75, 3.05) is 25.4 Å². The highest BCUT2D eigenvalue weighted by Crippen LogP contribution is 2.13. The van der Waals surface area contributed by atoms with Gasteiger partial charge in [0, 0.05) is 30.9 Å². The van der Waals surface area contributed by atoms with Gasteiger partial charge in [0.1, 0.15) is 0 Å². The summed E-state index contributed by atoms with van der Waals surface area (Å²) in [6.07, 6.45) is 0.567. The Morgan fingerprint density at radius 3 is 2.12 bits per heavy atom. The van der Waals surface area contributed by atoms with Gasteiger partial charge in [-0.15, -0.1) is 0 Å². The fraction of sp³-hybridized carbons (Fsp3) is 0.316. The lowest BCUT2D eigenvalue weighted by atomic mass is 10.1. The van der Waals surface area contributed by atoms with Crippen LogP contribution in [0.5, 0.6) is 0 Å². The monoisotopic (exact) mass is 375 g/mol. The van der Waals surface area contributed by atoms with Crippen LogP contribution in [-0.4, -0.2) is 38.9 Å². The molecule has 0 atom stereocenters. The molecule has 0 bridgehead atoms. The highest BCUT2D eigenvalue weighted by molar-refractivity contribution is 7.89. The van der Waals surface area contributed by atoms with Crippen molar-refractivity contribution in [2.24, 2.45) is 0 Å². The van der Waals surface area contributed by atoms with Crippen LogP contribution < -0.4 is 10.5 Å². The van der Waals surface area contributed by atoms with Gasteiger partial charge in [0.2, 0.25) is 10.0 Å². The molecule has 2 rings (SSSR count). The van der Waals surface area contributed by atoms with Gasteiger partial charge in [-0.2, -0.15) is 0 Å². The van der Waals surface area contributed by atoms with Gasteiger partial charge in [-0.05, 0) is 62.2 Å². The largest absolute Gasteiger partial charge is 0.399 e. The number of benzene rings is 2. The van der Waals surface area contributed by atoms with Crippen molar-refractivity contribution in [1.82, 2.24) is 9.62 Å². The number of nitrogens with zero attached hydrogens (tertiary/aromatic N) is 1. The van der Waals surface area contributed by atoms with Crippen molar-refractivity contribution < 1.29 is 13.2 Å². The van der Waals surface area contributed by atoms with E-state index < -0.39 is 10.0 Å². The number of hydrogen-bond acceptors (Lipinski definition) is 4. The average molecular weight is 375 g/mol. The summed E-state index contributed by atoms with van der Waals surface area (Å²) < 4.78 is 27.3. The Morgan fingerprint density at radius 1 is 1.00 bits per heavy atom. The number of sulfonamides is 1. The van der Waals surface area contributed by atoms with E-state index in [4.69, 9.17) is 5.73 Å². The van der Waals surface area contributed by atoms with Gasteiger partial charge in [0.05, 0.1) is 4.90 Å². The first kappa shape index (κ1) is 19.9. The zero-order valence-corrected chi connectivity index (χ0v) is 15.9. The molecule has 0 radical (unpaired) electrons. The molecule has 140 valence electrons. The van der Waals surface area contributed by atoms with Crippen LogP contribution in [0.1, 0.15) is 29.8 Å². The minimum absolute atomic E-state index is 0.102. The lowest BCUT2D eigenvalue weighted by molar-refractivity contribution is 0.0773. The van der Waals surface area contributed by atoms with E-state index in [9.17, 15) is 13.2 Å². The molecule has 2 aromatic rings. The van der Waals surface area contributed by atoms with Crippen molar-refractivity contribution in [3.8, 4) is 0 Å². The summed E-state index contributed by atoms with van der Waals surface area (Å²) in [5.41, 5.74) is 7.79. The van der Waals surface area contributed by atoms with E-state index in [0.717, 1.165) is 5.56 Å². The van der Waals surface area contributed by atoms with Gasteiger partial charge >= 0.3 is 0 Å². The maximum absolute atomic E-state index is 12.4. The third-order valence-electron chi connectivity index (χ3n) is 4.15. The summed E-state index contributed by atoms with van der Waals surface area (Å²) in [4.78, 5) is 14.1. The van der Waals surface area contributed by atoms with Crippen LogP contribution in [0.4, 0.5) is 5.69 Å². The van der Waals surface area contributed by atoms with Crippen molar-refractivity contribution in [1.29, 1.82) is 0 Å². The van der Waals surface area contributed by atoms with Gasteiger partial charge in [0.25, 0.3) is 5.91 Å². The van der Waals surface area contributed by atoms with E-state index in [1.54, 1.807) is 29.2 Å². The summed E-state index contributed by atoms with van der Waals surface area (Å²) in [7, 11) is -3.61. The zero-order chi connectivity index (χ0) is 19.2. The van der Waals surface area contributed by atoms with Crippen molar-refractivity contribution in [2.45, 2.75) is 25.2 Å². The van der Waals surface area contributed by atoms with Crippen molar-refractivity contribution >= 4 is 21.6 Å². The Labute approximate surface area is 155 Å². The highest BCUT2D eigenvalue weighted by Gasteiger charge is 2.16. The van der Waals surface area contributed by atoms with Gasteiger partial charge in [-0.25, -0.2) is 13.1 Å². The number of anilines is 1. The number of amides is 1. The second-order valence-corrected chi connectivity index (χ2v) is 7.66. The van der Waals surface area contributed by atoms with Crippen LogP contribution in [0.15, 0.2) is 53.4 Å². The van der Waals surface area contributed by atoms with E-state index in [1.165, 1.54) is 12.1 Å². The van der Waals surface area contributed by atoms with E-state index in [0.29, 0.717) is 30.8 Å². The van der Waals surface area contributed by atoms with Crippen LogP contribution in [0.3, 0.4) is 0 Å². The number of nitrogens with one attached hydrogen (secondary N) is 1. The SMILES string of the molecule is CCN(CC)C(=O)c1ccc(S(=O)(=O)NCCc2ccc(N)cc2)cc1. The summed E-state index contributed by atoms with van der Waals surface area (Å²) in [6, 6.07) is 13.3. The Kier molecular flexibility index (Phi) is 6.76. The number of carbonyl (C=O) groups is 1. The van der Waals surface area contributed by atoms with Crippen LogP contribution in [-0.2, 0) is 16.4 Å². The molecule has 0 aromatic heterocycles. The second-order valence-electron chi connectivity index (χ2n) is 5.89. The standard InChI is InChI=1S/C19H25N3O3S/c1-3-22(4-2)19(23)16-7-11-18(12-8-16)26(24,25)21-14-13-15-5-9-17(20)10-6-15/h5-12,21H,3-4,13-14,20H2,1-2H3. The molecule has 1 amide bonds. The smallest absolute Gasteiger partial charge is 0.253 e. The van der Waals surface area contributed by atoms with Crippen molar-refractivity contribution in [3.05, 3.63) is 59.7 Å². The molecule has 0 saturated carbocycles. The Hall–Kier alpha value is -2.38. The second kappa shape index (κ2) is 8.82. The first-order chi connectivity index (χ1) is 12.4. The fourth-order valence-electron chi connectivity index (χ4n) is 2.57. The maximum Gasteiger partial charge on any atom is 0.253 e. The molecule has 6 nitrogen and oxygen atoms in total. The molecule has 0 aliphatic carbocycles. The Bertz CT molecular complexity index is 827. The van der Waals surface area contributed by atoms with Crippen LogP contribution in [0.25, 0.3) is 0 Å². The predicted octanol–water partition coefficient (Wildman–Crippen LogP) is 2.27. The normalized spacial score (nSPS) is 11.3. The zero-order valence-electron chi connectivity index (χ0n) is 15.1. The number of nitrogen functional groups attached to an aromatic ring is 1. The third kappa shape index (κ3) is 5.06. The topological polar surface area (TPSA) is 92.5 Å². The van der Waals surface area contributed by atoms with Crippen LogP contribution in [0, 0.1) is 0 Å². The summed E-state index contributed by atoms with van der Waals surface area (Å²) in [5, 5.41) is 0. The van der Waals surface area contributed by atoms with E-state index >= 15 is 0 Å². The van der Waals surface area contributed by atoms with Crippen molar-refractivity contribution in [3.63, 3.8) is 0 Å². The molecular formula is C19H25N3O3S. The molecule has 3 N–H and O–H groups in total. The molecule has 0 aliphatic heterocycles. The molecule has 0 saturated heterocycles. The quantitative estimate of drug-likeness (QED) is 0.692. The molecule has 0 aliphatic rings. The first-order valence-corrected chi connectivity index (χ1v) is 10.1. The first-order valence-electron chi connectivity index (χ1n) is 8.60. The molecule has 0 fully saturated rings.